The Bertz CT molecular complexity index is 180. The van der Waals surface area contributed by atoms with Crippen molar-refractivity contribution in [3.05, 3.63) is 0 Å². The Balaban J connectivity index is 2.44. The molecule has 3 heteroatoms. The lowest BCUT2D eigenvalue weighted by atomic mass is 10.0. The van der Waals surface area contributed by atoms with Crippen LogP contribution in [-0.4, -0.2) is 29.6 Å². The van der Waals surface area contributed by atoms with E-state index in [4.69, 9.17) is 0 Å². The molecule has 1 N–H and O–H groups in total. The second kappa shape index (κ2) is 4.49. The summed E-state index contributed by atoms with van der Waals surface area (Å²) in [7, 11) is 0. The molecule has 3 nitrogen and oxygen atoms in total. The number of likely N-dealkylation sites (tertiary alicyclic amines) is 1. The van der Waals surface area contributed by atoms with Gasteiger partial charge in [0.25, 0.3) is 0 Å². The fourth-order valence-corrected chi connectivity index (χ4v) is 1.73. The van der Waals surface area contributed by atoms with Crippen molar-refractivity contribution >= 4 is 6.03 Å². The minimum Gasteiger partial charge on any atom is -0.336 e. The maximum absolute atomic E-state index is 11.6. The second-order valence-corrected chi connectivity index (χ2v) is 4.14. The zero-order valence-corrected chi connectivity index (χ0v) is 8.84. The van der Waals surface area contributed by atoms with Crippen LogP contribution in [0.5, 0.6) is 0 Å². The Morgan fingerprint density at radius 1 is 1.46 bits per heavy atom. The van der Waals surface area contributed by atoms with E-state index in [1.54, 1.807) is 0 Å². The second-order valence-electron chi connectivity index (χ2n) is 4.14. The maximum atomic E-state index is 11.6. The smallest absolute Gasteiger partial charge is 0.317 e. The molecule has 0 aromatic rings. The molecule has 1 unspecified atom stereocenters. The highest BCUT2D eigenvalue weighted by atomic mass is 16.2. The monoisotopic (exact) mass is 184 g/mol. The molecule has 0 aromatic carbocycles. The van der Waals surface area contributed by atoms with Crippen LogP contribution in [0.2, 0.25) is 0 Å². The van der Waals surface area contributed by atoms with E-state index in [0.717, 1.165) is 19.4 Å². The number of hydrogen-bond donors (Lipinski definition) is 1. The number of amides is 2. The molecule has 1 aliphatic rings. The number of nitrogens with zero attached hydrogens (tertiary/aromatic N) is 1. The molecule has 2 amide bonds. The van der Waals surface area contributed by atoms with Gasteiger partial charge in [0.05, 0.1) is 0 Å². The normalized spacial score (nSPS) is 23.4. The van der Waals surface area contributed by atoms with E-state index >= 15 is 0 Å². The van der Waals surface area contributed by atoms with Gasteiger partial charge >= 0.3 is 6.03 Å². The van der Waals surface area contributed by atoms with Crippen LogP contribution in [-0.2, 0) is 0 Å². The Hall–Kier alpha value is -0.730. The zero-order chi connectivity index (χ0) is 9.84. The summed E-state index contributed by atoms with van der Waals surface area (Å²) in [5.74, 6) is 0. The summed E-state index contributed by atoms with van der Waals surface area (Å²) in [6.45, 7) is 7.03. The van der Waals surface area contributed by atoms with E-state index in [0.29, 0.717) is 6.04 Å². The summed E-state index contributed by atoms with van der Waals surface area (Å²) < 4.78 is 0. The van der Waals surface area contributed by atoms with E-state index in [1.165, 1.54) is 6.42 Å². The first-order valence-electron chi connectivity index (χ1n) is 5.18. The van der Waals surface area contributed by atoms with Gasteiger partial charge in [-0.15, -0.1) is 0 Å². The first-order chi connectivity index (χ1) is 6.11. The summed E-state index contributed by atoms with van der Waals surface area (Å²) >= 11 is 0. The molecule has 1 atom stereocenters. The van der Waals surface area contributed by atoms with Gasteiger partial charge in [-0.05, 0) is 40.0 Å². The Labute approximate surface area is 80.5 Å². The van der Waals surface area contributed by atoms with Crippen molar-refractivity contribution in [1.82, 2.24) is 10.2 Å². The molecule has 76 valence electrons. The van der Waals surface area contributed by atoms with E-state index in [1.807, 2.05) is 18.7 Å². The summed E-state index contributed by atoms with van der Waals surface area (Å²) in [5.41, 5.74) is 0. The van der Waals surface area contributed by atoms with Crippen molar-refractivity contribution in [2.75, 3.05) is 6.54 Å². The Morgan fingerprint density at radius 2 is 2.15 bits per heavy atom. The van der Waals surface area contributed by atoms with Crippen LogP contribution in [0.15, 0.2) is 0 Å². The Kier molecular flexibility index (Phi) is 3.58. The number of carbonyl (C=O) groups excluding carboxylic acids is 1. The zero-order valence-electron chi connectivity index (χ0n) is 8.84. The van der Waals surface area contributed by atoms with Gasteiger partial charge in [-0.3, -0.25) is 0 Å². The number of piperidine rings is 1. The van der Waals surface area contributed by atoms with Gasteiger partial charge in [-0.25, -0.2) is 4.79 Å². The summed E-state index contributed by atoms with van der Waals surface area (Å²) in [6, 6.07) is 0.747. The van der Waals surface area contributed by atoms with Gasteiger partial charge in [0.1, 0.15) is 0 Å². The molecule has 1 rings (SSSR count). The SMILES string of the molecule is CC(C)NC(=O)N1CCCCC1C. The standard InChI is InChI=1S/C10H20N2O/c1-8(2)11-10(13)12-7-5-4-6-9(12)3/h8-9H,4-7H2,1-3H3,(H,11,13). The van der Waals surface area contributed by atoms with Crippen LogP contribution in [0.3, 0.4) is 0 Å². The molecule has 0 aromatic heterocycles. The largest absolute Gasteiger partial charge is 0.336 e. The van der Waals surface area contributed by atoms with Crippen molar-refractivity contribution < 1.29 is 4.79 Å². The summed E-state index contributed by atoms with van der Waals surface area (Å²) in [5, 5.41) is 2.93. The lowest BCUT2D eigenvalue weighted by molar-refractivity contribution is 0.156. The van der Waals surface area contributed by atoms with Crippen LogP contribution >= 0.6 is 0 Å². The molecule has 1 heterocycles. The van der Waals surface area contributed by atoms with E-state index < -0.39 is 0 Å². The lowest BCUT2D eigenvalue weighted by Crippen LogP contribution is -2.49. The van der Waals surface area contributed by atoms with Crippen LogP contribution in [0.25, 0.3) is 0 Å². The average molecular weight is 184 g/mol. The molecule has 0 bridgehead atoms. The third kappa shape index (κ3) is 2.90. The van der Waals surface area contributed by atoms with Gasteiger partial charge in [-0.2, -0.15) is 0 Å². The fourth-order valence-electron chi connectivity index (χ4n) is 1.73. The van der Waals surface area contributed by atoms with Crippen LogP contribution in [0.4, 0.5) is 4.79 Å². The summed E-state index contributed by atoms with van der Waals surface area (Å²) in [4.78, 5) is 13.6. The van der Waals surface area contributed by atoms with Gasteiger partial charge in [0.2, 0.25) is 0 Å². The number of carbonyl (C=O) groups is 1. The molecule has 1 saturated heterocycles. The molecule has 1 fully saturated rings. The molecular weight excluding hydrogens is 164 g/mol. The van der Waals surface area contributed by atoms with Crippen molar-refractivity contribution in [3.63, 3.8) is 0 Å². The highest BCUT2D eigenvalue weighted by Crippen LogP contribution is 2.16. The van der Waals surface area contributed by atoms with E-state index in [9.17, 15) is 4.79 Å². The van der Waals surface area contributed by atoms with Gasteiger partial charge < -0.3 is 10.2 Å². The van der Waals surface area contributed by atoms with Crippen molar-refractivity contribution in [2.45, 2.75) is 52.1 Å². The van der Waals surface area contributed by atoms with Gasteiger partial charge in [0, 0.05) is 18.6 Å². The van der Waals surface area contributed by atoms with Crippen molar-refractivity contribution in [3.8, 4) is 0 Å². The van der Waals surface area contributed by atoms with Crippen LogP contribution in [0.1, 0.15) is 40.0 Å². The number of hydrogen-bond acceptors (Lipinski definition) is 1. The third-order valence-electron chi connectivity index (χ3n) is 2.48. The first kappa shape index (κ1) is 10.4. The first-order valence-corrected chi connectivity index (χ1v) is 5.18. The minimum atomic E-state index is 0.0993. The molecule has 0 aliphatic carbocycles. The molecule has 0 radical (unpaired) electrons. The third-order valence-corrected chi connectivity index (χ3v) is 2.48. The van der Waals surface area contributed by atoms with Gasteiger partial charge in [0.15, 0.2) is 0 Å². The van der Waals surface area contributed by atoms with Crippen LogP contribution < -0.4 is 5.32 Å². The fraction of sp³-hybridized carbons (Fsp3) is 0.900. The molecule has 1 aliphatic heterocycles. The summed E-state index contributed by atoms with van der Waals surface area (Å²) in [6.07, 6.45) is 3.55. The molecular formula is C10H20N2O. The number of urea groups is 1. The van der Waals surface area contributed by atoms with Crippen molar-refractivity contribution in [1.29, 1.82) is 0 Å². The van der Waals surface area contributed by atoms with E-state index in [-0.39, 0.29) is 12.1 Å². The van der Waals surface area contributed by atoms with Gasteiger partial charge in [-0.1, -0.05) is 0 Å². The predicted molar refractivity (Wildman–Crippen MR) is 53.7 cm³/mol. The molecule has 0 spiro atoms. The van der Waals surface area contributed by atoms with E-state index in [2.05, 4.69) is 12.2 Å². The number of rotatable bonds is 1. The molecule has 0 saturated carbocycles. The molecule has 13 heavy (non-hydrogen) atoms. The van der Waals surface area contributed by atoms with Crippen LogP contribution in [0, 0.1) is 0 Å². The maximum Gasteiger partial charge on any atom is 0.317 e. The highest BCUT2D eigenvalue weighted by Gasteiger charge is 2.22. The number of nitrogens with one attached hydrogen (secondary N) is 1. The predicted octanol–water partition coefficient (Wildman–Crippen LogP) is 1.98. The average Bonchev–Trinajstić information content (AvgIpc) is 2.03. The lowest BCUT2D eigenvalue weighted by Gasteiger charge is -2.33. The quantitative estimate of drug-likeness (QED) is 0.664. The Morgan fingerprint density at radius 3 is 2.69 bits per heavy atom. The topological polar surface area (TPSA) is 32.3 Å². The minimum absolute atomic E-state index is 0.0993. The highest BCUT2D eigenvalue weighted by molar-refractivity contribution is 5.74. The van der Waals surface area contributed by atoms with Crippen molar-refractivity contribution in [2.24, 2.45) is 0 Å².